The second kappa shape index (κ2) is 7.20. The van der Waals surface area contributed by atoms with E-state index in [0.717, 1.165) is 23.5 Å². The Kier molecular flexibility index (Phi) is 4.97. The van der Waals surface area contributed by atoms with Crippen molar-refractivity contribution < 1.29 is 19.1 Å². The molecule has 2 fully saturated rings. The Morgan fingerprint density at radius 1 is 1.17 bits per heavy atom. The number of hydrogen-bond donors (Lipinski definition) is 1. The van der Waals surface area contributed by atoms with Crippen LogP contribution in [0.2, 0.25) is 0 Å². The first kappa shape index (κ1) is 20.0. The number of urea groups is 1. The summed E-state index contributed by atoms with van der Waals surface area (Å²) in [5.74, 6) is 1.82. The summed E-state index contributed by atoms with van der Waals surface area (Å²) in [5.41, 5.74) is 0.329. The molecule has 3 aliphatic rings. The van der Waals surface area contributed by atoms with Crippen LogP contribution in [0.5, 0.6) is 11.5 Å². The van der Waals surface area contributed by atoms with E-state index >= 15 is 0 Å². The zero-order valence-corrected chi connectivity index (χ0v) is 17.8. The highest BCUT2D eigenvalue weighted by molar-refractivity contribution is 6.07. The third-order valence-corrected chi connectivity index (χ3v) is 6.07. The Balaban J connectivity index is 1.44. The minimum Gasteiger partial charge on any atom is -0.486 e. The van der Waals surface area contributed by atoms with E-state index in [1.54, 1.807) is 0 Å². The van der Waals surface area contributed by atoms with Crippen molar-refractivity contribution in [3.8, 4) is 11.5 Å². The summed E-state index contributed by atoms with van der Waals surface area (Å²) in [4.78, 5) is 29.3. The van der Waals surface area contributed by atoms with Gasteiger partial charge in [-0.1, -0.05) is 26.8 Å². The van der Waals surface area contributed by atoms with Gasteiger partial charge >= 0.3 is 6.03 Å². The first-order chi connectivity index (χ1) is 13.7. The fraction of sp³-hybridized carbons (Fsp3) is 0.636. The van der Waals surface area contributed by atoms with Crippen LogP contribution in [0.4, 0.5) is 4.79 Å². The standard InChI is InChI=1S/C22H31N3O4/c1-15-10-21(2,3)13-22(11-15)19(26)25(20(27)23-22)14-24(4)12-16-5-6-17-18(9-16)29-8-7-28-17/h5-6,9,15H,7-8,10-14H2,1-4H3,(H,23,27). The summed E-state index contributed by atoms with van der Waals surface area (Å²) >= 11 is 0. The van der Waals surface area contributed by atoms with E-state index in [-0.39, 0.29) is 24.0 Å². The highest BCUT2D eigenvalue weighted by Gasteiger charge is 2.56. The van der Waals surface area contributed by atoms with Gasteiger partial charge in [0.05, 0.1) is 6.67 Å². The lowest BCUT2D eigenvalue weighted by Crippen LogP contribution is -2.54. The van der Waals surface area contributed by atoms with Crippen molar-refractivity contribution in [1.29, 1.82) is 0 Å². The van der Waals surface area contributed by atoms with Gasteiger partial charge in [-0.25, -0.2) is 9.69 Å². The van der Waals surface area contributed by atoms with E-state index < -0.39 is 5.54 Å². The Hall–Kier alpha value is -2.28. The molecule has 7 heteroatoms. The van der Waals surface area contributed by atoms with Crippen molar-refractivity contribution in [2.75, 3.05) is 26.9 Å². The number of rotatable bonds is 4. The van der Waals surface area contributed by atoms with Crippen molar-refractivity contribution >= 4 is 11.9 Å². The summed E-state index contributed by atoms with van der Waals surface area (Å²) in [7, 11) is 1.91. The molecular formula is C22H31N3O4. The SMILES string of the molecule is CC1CC(C)(C)CC2(C1)NC(=O)N(CN(C)Cc1ccc3c(c1)OCCO3)C2=O. The van der Waals surface area contributed by atoms with Crippen molar-refractivity contribution in [2.45, 2.75) is 52.1 Å². The number of benzene rings is 1. The summed E-state index contributed by atoms with van der Waals surface area (Å²) in [6, 6.07) is 5.58. The molecule has 1 N–H and O–H groups in total. The van der Waals surface area contributed by atoms with Crippen molar-refractivity contribution in [3.63, 3.8) is 0 Å². The van der Waals surface area contributed by atoms with Crippen molar-refractivity contribution in [3.05, 3.63) is 23.8 Å². The number of hydrogen-bond acceptors (Lipinski definition) is 5. The van der Waals surface area contributed by atoms with Crippen LogP contribution >= 0.6 is 0 Å². The molecule has 7 nitrogen and oxygen atoms in total. The molecule has 0 bridgehead atoms. The molecule has 2 aliphatic heterocycles. The lowest BCUT2D eigenvalue weighted by molar-refractivity contribution is -0.136. The summed E-state index contributed by atoms with van der Waals surface area (Å²) < 4.78 is 11.2. The lowest BCUT2D eigenvalue weighted by atomic mass is 9.64. The normalized spacial score (nSPS) is 28.2. The predicted molar refractivity (Wildman–Crippen MR) is 109 cm³/mol. The van der Waals surface area contributed by atoms with E-state index in [0.29, 0.717) is 38.5 Å². The largest absolute Gasteiger partial charge is 0.486 e. The highest BCUT2D eigenvalue weighted by atomic mass is 16.6. The molecular weight excluding hydrogens is 370 g/mol. The van der Waals surface area contributed by atoms with Crippen LogP contribution in [-0.4, -0.2) is 54.2 Å². The summed E-state index contributed by atoms with van der Waals surface area (Å²) in [6.45, 7) is 8.50. The van der Waals surface area contributed by atoms with E-state index in [1.165, 1.54) is 4.90 Å². The number of ether oxygens (including phenoxy) is 2. The van der Waals surface area contributed by atoms with Gasteiger partial charge in [0, 0.05) is 6.54 Å². The molecule has 158 valence electrons. The zero-order valence-electron chi connectivity index (χ0n) is 17.8. The molecule has 1 aromatic carbocycles. The van der Waals surface area contributed by atoms with E-state index in [1.807, 2.05) is 30.1 Å². The topological polar surface area (TPSA) is 71.1 Å². The molecule has 2 atom stereocenters. The van der Waals surface area contributed by atoms with Crippen LogP contribution in [0.25, 0.3) is 0 Å². The second-order valence-corrected chi connectivity index (χ2v) is 9.73. The maximum absolute atomic E-state index is 13.3. The van der Waals surface area contributed by atoms with Crippen LogP contribution in [0.3, 0.4) is 0 Å². The van der Waals surface area contributed by atoms with Crippen LogP contribution in [-0.2, 0) is 11.3 Å². The molecule has 29 heavy (non-hydrogen) atoms. The van der Waals surface area contributed by atoms with E-state index in [2.05, 4.69) is 26.1 Å². The van der Waals surface area contributed by atoms with Gasteiger partial charge in [0.15, 0.2) is 11.5 Å². The average Bonchev–Trinajstić information content (AvgIpc) is 2.83. The molecule has 2 heterocycles. The van der Waals surface area contributed by atoms with Gasteiger partial charge < -0.3 is 14.8 Å². The van der Waals surface area contributed by atoms with Crippen molar-refractivity contribution in [1.82, 2.24) is 15.1 Å². The Labute approximate surface area is 172 Å². The Morgan fingerprint density at radius 3 is 2.62 bits per heavy atom. The molecule has 3 amide bonds. The summed E-state index contributed by atoms with van der Waals surface area (Å²) in [5, 5.41) is 3.04. The molecule has 1 aromatic rings. The van der Waals surface area contributed by atoms with Crippen LogP contribution < -0.4 is 14.8 Å². The number of imide groups is 1. The molecule has 1 spiro atoms. The smallest absolute Gasteiger partial charge is 0.326 e. The third-order valence-electron chi connectivity index (χ3n) is 6.07. The van der Waals surface area contributed by atoms with E-state index in [4.69, 9.17) is 9.47 Å². The number of amides is 3. The monoisotopic (exact) mass is 401 g/mol. The fourth-order valence-corrected chi connectivity index (χ4v) is 5.42. The third kappa shape index (κ3) is 3.92. The minimum atomic E-state index is -0.754. The Bertz CT molecular complexity index is 824. The molecule has 1 saturated carbocycles. The first-order valence-corrected chi connectivity index (χ1v) is 10.4. The van der Waals surface area contributed by atoms with Crippen LogP contribution in [0, 0.1) is 11.3 Å². The first-order valence-electron chi connectivity index (χ1n) is 10.4. The molecule has 4 rings (SSSR count). The van der Waals surface area contributed by atoms with E-state index in [9.17, 15) is 9.59 Å². The quantitative estimate of drug-likeness (QED) is 0.786. The molecule has 1 saturated heterocycles. The summed E-state index contributed by atoms with van der Waals surface area (Å²) in [6.07, 6.45) is 2.47. The number of nitrogens with one attached hydrogen (secondary N) is 1. The lowest BCUT2D eigenvalue weighted by Gasteiger charge is -2.43. The minimum absolute atomic E-state index is 0.0354. The van der Waals surface area contributed by atoms with Gasteiger partial charge in [0.2, 0.25) is 0 Å². The predicted octanol–water partition coefficient (Wildman–Crippen LogP) is 2.98. The van der Waals surface area contributed by atoms with Gasteiger partial charge in [-0.3, -0.25) is 9.69 Å². The van der Waals surface area contributed by atoms with Crippen LogP contribution in [0.1, 0.15) is 45.6 Å². The van der Waals surface area contributed by atoms with Gasteiger partial charge in [-0.15, -0.1) is 0 Å². The second-order valence-electron chi connectivity index (χ2n) is 9.73. The molecule has 0 aromatic heterocycles. The Morgan fingerprint density at radius 2 is 1.90 bits per heavy atom. The van der Waals surface area contributed by atoms with Gasteiger partial charge in [0.1, 0.15) is 18.8 Å². The molecule has 0 radical (unpaired) electrons. The fourth-order valence-electron chi connectivity index (χ4n) is 5.42. The average molecular weight is 402 g/mol. The number of fused-ring (bicyclic) bond motifs is 1. The van der Waals surface area contributed by atoms with Gasteiger partial charge in [0.25, 0.3) is 5.91 Å². The number of nitrogens with zero attached hydrogens (tertiary/aromatic N) is 2. The maximum Gasteiger partial charge on any atom is 0.326 e. The maximum atomic E-state index is 13.3. The van der Waals surface area contributed by atoms with Gasteiger partial charge in [-0.2, -0.15) is 0 Å². The molecule has 2 unspecified atom stereocenters. The zero-order chi connectivity index (χ0) is 20.8. The van der Waals surface area contributed by atoms with Gasteiger partial charge in [-0.05, 0) is 55.3 Å². The molecule has 1 aliphatic carbocycles. The highest BCUT2D eigenvalue weighted by Crippen LogP contribution is 2.46. The number of carbonyl (C=O) groups excluding carboxylic acids is 2. The van der Waals surface area contributed by atoms with Crippen LogP contribution in [0.15, 0.2) is 18.2 Å². The van der Waals surface area contributed by atoms with Crippen molar-refractivity contribution in [2.24, 2.45) is 11.3 Å². The number of carbonyl (C=O) groups is 2.